The lowest BCUT2D eigenvalue weighted by Crippen LogP contribution is -2.39. The predicted octanol–water partition coefficient (Wildman–Crippen LogP) is 3.58. The molecule has 1 aliphatic rings. The van der Waals surface area contributed by atoms with Crippen LogP contribution >= 0.6 is 0 Å². The van der Waals surface area contributed by atoms with E-state index in [-0.39, 0.29) is 0 Å². The lowest BCUT2D eigenvalue weighted by molar-refractivity contribution is 0.238. The molecular formula is C21H23N3O. The molecule has 0 amide bonds. The highest BCUT2D eigenvalue weighted by atomic mass is 16.5. The van der Waals surface area contributed by atoms with E-state index in [4.69, 9.17) is 4.74 Å². The summed E-state index contributed by atoms with van der Waals surface area (Å²) in [6, 6.07) is 15.0. The number of aromatic nitrogens is 2. The Kier molecular flexibility index (Phi) is 4.28. The van der Waals surface area contributed by atoms with Gasteiger partial charge in [0.05, 0.1) is 5.69 Å². The van der Waals surface area contributed by atoms with Crippen molar-refractivity contribution < 1.29 is 4.74 Å². The number of nitrogens with one attached hydrogen (secondary N) is 1. The molecule has 4 heteroatoms. The van der Waals surface area contributed by atoms with E-state index in [2.05, 4.69) is 48.5 Å². The average molecular weight is 333 g/mol. The fraction of sp³-hybridized carbons (Fsp3) is 0.286. The van der Waals surface area contributed by atoms with E-state index in [1.807, 2.05) is 35.3 Å². The molecule has 128 valence electrons. The number of nitrogens with zero attached hydrogens (tertiary/aromatic N) is 2. The number of hydrogen-bond acceptors (Lipinski definition) is 3. The molecule has 1 aliphatic heterocycles. The third-order valence-corrected chi connectivity index (χ3v) is 4.79. The zero-order chi connectivity index (χ0) is 17.2. The Hall–Kier alpha value is -2.59. The van der Waals surface area contributed by atoms with Crippen LogP contribution in [0.4, 0.5) is 0 Å². The molecule has 1 unspecified atom stereocenters. The summed E-state index contributed by atoms with van der Waals surface area (Å²) < 4.78 is 7.84. The number of benzene rings is 2. The summed E-state index contributed by atoms with van der Waals surface area (Å²) in [7, 11) is 0. The zero-order valence-electron chi connectivity index (χ0n) is 14.7. The van der Waals surface area contributed by atoms with Gasteiger partial charge in [-0.2, -0.15) is 5.10 Å². The summed E-state index contributed by atoms with van der Waals surface area (Å²) in [4.78, 5) is 0. The van der Waals surface area contributed by atoms with Crippen molar-refractivity contribution in [3.63, 3.8) is 0 Å². The Labute approximate surface area is 148 Å². The van der Waals surface area contributed by atoms with Crippen molar-refractivity contribution in [3.8, 4) is 11.4 Å². The number of para-hydroxylation sites is 1. The Morgan fingerprint density at radius 1 is 1.20 bits per heavy atom. The molecule has 4 nitrogen and oxygen atoms in total. The Bertz CT molecular complexity index is 871. The van der Waals surface area contributed by atoms with E-state index >= 15 is 0 Å². The first kappa shape index (κ1) is 15.9. The second-order valence-corrected chi connectivity index (χ2v) is 6.73. The fourth-order valence-corrected chi connectivity index (χ4v) is 3.53. The molecular weight excluding hydrogens is 310 g/mol. The highest BCUT2D eigenvalue weighted by molar-refractivity contribution is 5.48. The van der Waals surface area contributed by atoms with Crippen molar-refractivity contribution in [2.45, 2.75) is 32.9 Å². The first-order valence-corrected chi connectivity index (χ1v) is 8.75. The topological polar surface area (TPSA) is 39.1 Å². The summed E-state index contributed by atoms with van der Waals surface area (Å²) in [6.07, 6.45) is 4.82. The third-order valence-electron chi connectivity index (χ3n) is 4.79. The SMILES string of the molecule is Cc1cc(C)c(CNC2COc3ccccc3C2)c(-n2cccn2)c1. The van der Waals surface area contributed by atoms with Crippen molar-refractivity contribution in [3.05, 3.63) is 77.1 Å². The van der Waals surface area contributed by atoms with Gasteiger partial charge < -0.3 is 10.1 Å². The Morgan fingerprint density at radius 3 is 2.92 bits per heavy atom. The molecule has 0 bridgehead atoms. The van der Waals surface area contributed by atoms with Crippen molar-refractivity contribution in [1.29, 1.82) is 0 Å². The van der Waals surface area contributed by atoms with Crippen LogP contribution in [0.1, 0.15) is 22.3 Å². The number of fused-ring (bicyclic) bond motifs is 1. The van der Waals surface area contributed by atoms with Gasteiger partial charge in [0, 0.05) is 25.0 Å². The molecule has 2 heterocycles. The average Bonchev–Trinajstić information content (AvgIpc) is 3.15. The van der Waals surface area contributed by atoms with Crippen LogP contribution in [0.25, 0.3) is 5.69 Å². The van der Waals surface area contributed by atoms with Crippen LogP contribution < -0.4 is 10.1 Å². The fourth-order valence-electron chi connectivity index (χ4n) is 3.53. The third kappa shape index (κ3) is 3.30. The monoisotopic (exact) mass is 333 g/mol. The molecule has 0 spiro atoms. The van der Waals surface area contributed by atoms with Gasteiger partial charge >= 0.3 is 0 Å². The van der Waals surface area contributed by atoms with Gasteiger partial charge in [-0.1, -0.05) is 24.3 Å². The van der Waals surface area contributed by atoms with Gasteiger partial charge in [-0.15, -0.1) is 0 Å². The normalized spacial score (nSPS) is 16.3. The molecule has 2 aromatic carbocycles. The quantitative estimate of drug-likeness (QED) is 0.793. The van der Waals surface area contributed by atoms with Crippen LogP contribution in [0.3, 0.4) is 0 Å². The highest BCUT2D eigenvalue weighted by Crippen LogP contribution is 2.25. The number of rotatable bonds is 4. The van der Waals surface area contributed by atoms with Crippen LogP contribution in [0, 0.1) is 13.8 Å². The van der Waals surface area contributed by atoms with Crippen molar-refractivity contribution in [1.82, 2.24) is 15.1 Å². The minimum atomic E-state index is 0.320. The maximum atomic E-state index is 5.90. The lowest BCUT2D eigenvalue weighted by atomic mass is 10.0. The van der Waals surface area contributed by atoms with E-state index in [0.29, 0.717) is 12.6 Å². The molecule has 1 aromatic heterocycles. The van der Waals surface area contributed by atoms with Gasteiger partial charge in [0.15, 0.2) is 0 Å². The van der Waals surface area contributed by atoms with E-state index in [9.17, 15) is 0 Å². The molecule has 4 rings (SSSR count). The summed E-state index contributed by atoms with van der Waals surface area (Å²) in [5.41, 5.74) is 6.25. The number of hydrogen-bond donors (Lipinski definition) is 1. The number of aryl methyl sites for hydroxylation is 2. The zero-order valence-corrected chi connectivity index (χ0v) is 14.7. The maximum Gasteiger partial charge on any atom is 0.122 e. The molecule has 0 saturated carbocycles. The van der Waals surface area contributed by atoms with Gasteiger partial charge in [-0.3, -0.25) is 0 Å². The second kappa shape index (κ2) is 6.73. The van der Waals surface area contributed by atoms with E-state index in [1.54, 1.807) is 0 Å². The van der Waals surface area contributed by atoms with Crippen molar-refractivity contribution >= 4 is 0 Å². The first-order chi connectivity index (χ1) is 12.2. The van der Waals surface area contributed by atoms with Crippen LogP contribution in [0.2, 0.25) is 0 Å². The lowest BCUT2D eigenvalue weighted by Gasteiger charge is -2.27. The van der Waals surface area contributed by atoms with Crippen LogP contribution in [0.5, 0.6) is 5.75 Å². The molecule has 1 N–H and O–H groups in total. The standard InChI is InChI=1S/C21H23N3O/c1-15-10-16(2)19(20(11-15)24-9-5-8-23-24)13-22-18-12-17-6-3-4-7-21(17)25-14-18/h3-11,18,22H,12-14H2,1-2H3. The summed E-state index contributed by atoms with van der Waals surface area (Å²) in [6.45, 7) is 5.81. The molecule has 3 aromatic rings. The van der Waals surface area contributed by atoms with E-state index in [0.717, 1.165) is 24.4 Å². The van der Waals surface area contributed by atoms with Gasteiger partial charge in [-0.25, -0.2) is 4.68 Å². The van der Waals surface area contributed by atoms with Gasteiger partial charge in [0.25, 0.3) is 0 Å². The van der Waals surface area contributed by atoms with Crippen LogP contribution in [0.15, 0.2) is 54.9 Å². The maximum absolute atomic E-state index is 5.90. The Morgan fingerprint density at radius 2 is 2.08 bits per heavy atom. The minimum Gasteiger partial charge on any atom is -0.492 e. The predicted molar refractivity (Wildman–Crippen MR) is 99.3 cm³/mol. The summed E-state index contributed by atoms with van der Waals surface area (Å²) in [5.74, 6) is 1.02. The minimum absolute atomic E-state index is 0.320. The molecule has 0 radical (unpaired) electrons. The molecule has 25 heavy (non-hydrogen) atoms. The van der Waals surface area contributed by atoms with E-state index in [1.165, 1.54) is 22.3 Å². The van der Waals surface area contributed by atoms with Crippen LogP contribution in [-0.2, 0) is 13.0 Å². The largest absolute Gasteiger partial charge is 0.492 e. The molecule has 0 aliphatic carbocycles. The second-order valence-electron chi connectivity index (χ2n) is 6.73. The van der Waals surface area contributed by atoms with Crippen molar-refractivity contribution in [2.24, 2.45) is 0 Å². The Balaban J connectivity index is 1.54. The molecule has 1 atom stereocenters. The van der Waals surface area contributed by atoms with Crippen LogP contribution in [-0.4, -0.2) is 22.4 Å². The van der Waals surface area contributed by atoms with Gasteiger partial charge in [0.2, 0.25) is 0 Å². The van der Waals surface area contributed by atoms with E-state index < -0.39 is 0 Å². The first-order valence-electron chi connectivity index (χ1n) is 8.75. The smallest absolute Gasteiger partial charge is 0.122 e. The van der Waals surface area contributed by atoms with Gasteiger partial charge in [-0.05, 0) is 60.7 Å². The molecule has 0 fully saturated rings. The summed E-state index contributed by atoms with van der Waals surface area (Å²) in [5, 5.41) is 8.09. The molecule has 0 saturated heterocycles. The van der Waals surface area contributed by atoms with Gasteiger partial charge in [0.1, 0.15) is 12.4 Å². The van der Waals surface area contributed by atoms with Crippen molar-refractivity contribution in [2.75, 3.05) is 6.61 Å². The highest BCUT2D eigenvalue weighted by Gasteiger charge is 2.20. The number of ether oxygens (including phenoxy) is 1. The summed E-state index contributed by atoms with van der Waals surface area (Å²) >= 11 is 0.